The van der Waals surface area contributed by atoms with Gasteiger partial charge in [-0.05, 0) is 31.0 Å². The van der Waals surface area contributed by atoms with E-state index in [9.17, 15) is 0 Å². The molecule has 25 heavy (non-hydrogen) atoms. The Morgan fingerprint density at radius 3 is 2.72 bits per heavy atom. The van der Waals surface area contributed by atoms with E-state index < -0.39 is 0 Å². The number of nitrogens with two attached hydrogens (primary N) is 2. The number of nitrogen functional groups attached to an aromatic ring is 2. The van der Waals surface area contributed by atoms with Crippen molar-refractivity contribution in [2.45, 2.75) is 26.8 Å². The fourth-order valence-electron chi connectivity index (χ4n) is 2.86. The molecule has 0 saturated heterocycles. The quantitative estimate of drug-likeness (QED) is 0.376. The molecule has 1 atom stereocenters. The zero-order valence-electron chi connectivity index (χ0n) is 14.3. The summed E-state index contributed by atoms with van der Waals surface area (Å²) in [5.41, 5.74) is 15.4. The van der Waals surface area contributed by atoms with Gasteiger partial charge in [0.2, 0.25) is 0 Å². The first-order valence-electron chi connectivity index (χ1n) is 8.11. The fourth-order valence-corrected chi connectivity index (χ4v) is 2.86. The summed E-state index contributed by atoms with van der Waals surface area (Å²) < 4.78 is 7.25. The van der Waals surface area contributed by atoms with Gasteiger partial charge in [-0.2, -0.15) is 10.1 Å². The highest BCUT2D eigenvalue weighted by molar-refractivity contribution is 5.99. The number of nitrogens with zero attached hydrogens (tertiary/aromatic N) is 5. The molecule has 4 aromatic rings. The Balaban J connectivity index is -0.0000000295. The maximum atomic E-state index is 6.14. The molecule has 0 bridgehead atoms. The van der Waals surface area contributed by atoms with Crippen molar-refractivity contribution >= 4 is 34.0 Å². The predicted molar refractivity (Wildman–Crippen MR) is 137 cm³/mol. The Labute approximate surface area is 172 Å². The van der Waals surface area contributed by atoms with Crippen molar-refractivity contribution in [1.82, 2.24) is 24.7 Å². The Morgan fingerprint density at radius 1 is 1.16 bits per heavy atom. The molecule has 0 aliphatic heterocycles. The molecule has 3 heterocycles. The molecule has 8 heteroatoms. The number of oxazole rings is 1. The summed E-state index contributed by atoms with van der Waals surface area (Å²) in [4.78, 5) is 12.7. The van der Waals surface area contributed by atoms with E-state index in [-0.39, 0.29) is 39.2 Å². The zero-order chi connectivity index (χ0) is 17.7. The summed E-state index contributed by atoms with van der Waals surface area (Å²) in [7, 11) is 0. The van der Waals surface area contributed by atoms with Crippen molar-refractivity contribution < 1.29 is 31.5 Å². The Bertz CT molecular complexity index is 1120. The SMILES string of the molecule is CC(C)C(C)n1nc(-c2ccc3oc(N)nc3c2)c2c(N)ncnc21.[HH].[HH].[HH].[HH].[HH].[HH].[HH].[HH].[HH].[HH].[HH].[HH].[HH].[HH].[HH].[HH].[HH].[HH].[HH]. The molecule has 3 aromatic heterocycles. The second-order valence-electron chi connectivity index (χ2n) is 6.47. The van der Waals surface area contributed by atoms with E-state index in [1.807, 2.05) is 22.9 Å². The van der Waals surface area contributed by atoms with Crippen molar-refractivity contribution in [3.63, 3.8) is 0 Å². The highest BCUT2D eigenvalue weighted by Gasteiger charge is 2.22. The first kappa shape index (κ1) is 15.4. The van der Waals surface area contributed by atoms with Gasteiger partial charge in [0, 0.05) is 32.7 Å². The number of hydrogen-bond donors (Lipinski definition) is 2. The van der Waals surface area contributed by atoms with Crippen LogP contribution in [0.1, 0.15) is 53.9 Å². The molecule has 0 spiro atoms. The molecule has 1 unspecified atom stereocenters. The lowest BCUT2D eigenvalue weighted by atomic mass is 10.1. The van der Waals surface area contributed by atoms with E-state index in [1.165, 1.54) is 6.33 Å². The molecule has 4 rings (SSSR count). The van der Waals surface area contributed by atoms with Crippen LogP contribution < -0.4 is 11.5 Å². The third kappa shape index (κ3) is 2.37. The van der Waals surface area contributed by atoms with Gasteiger partial charge in [-0.1, -0.05) is 13.8 Å². The molecule has 1 aromatic carbocycles. The van der Waals surface area contributed by atoms with Crippen molar-refractivity contribution in [2.75, 3.05) is 11.5 Å². The van der Waals surface area contributed by atoms with E-state index in [4.69, 9.17) is 21.0 Å². The molecular formula is C17H57N7O. The number of anilines is 2. The molecule has 0 aliphatic rings. The molecule has 0 saturated carbocycles. The maximum absolute atomic E-state index is 6.14. The summed E-state index contributed by atoms with van der Waals surface area (Å²) in [6.07, 6.45) is 1.47. The van der Waals surface area contributed by atoms with Crippen LogP contribution in [0.2, 0.25) is 0 Å². The number of hydrogen-bond acceptors (Lipinski definition) is 7. The van der Waals surface area contributed by atoms with E-state index >= 15 is 0 Å². The second-order valence-corrected chi connectivity index (χ2v) is 6.47. The summed E-state index contributed by atoms with van der Waals surface area (Å²) >= 11 is 0. The molecule has 0 fully saturated rings. The lowest BCUT2D eigenvalue weighted by Gasteiger charge is -2.16. The molecule has 0 amide bonds. The van der Waals surface area contributed by atoms with E-state index in [0.717, 1.165) is 22.3 Å². The minimum atomic E-state index is 0. The van der Waals surface area contributed by atoms with Crippen LogP contribution in [0.5, 0.6) is 0 Å². The Hall–Kier alpha value is -3.16. The molecule has 4 N–H and O–H groups in total. The molecule has 0 radical (unpaired) electrons. The van der Waals surface area contributed by atoms with Gasteiger partial charge < -0.3 is 15.9 Å². The van der Waals surface area contributed by atoms with Crippen molar-refractivity contribution in [2.24, 2.45) is 5.92 Å². The van der Waals surface area contributed by atoms with Crippen LogP contribution in [0, 0.1) is 5.92 Å². The average Bonchev–Trinajstić information content (AvgIpc) is 3.13. The topological polar surface area (TPSA) is 122 Å². The van der Waals surface area contributed by atoms with Crippen LogP contribution >= 0.6 is 0 Å². The monoisotopic (exact) mass is 375 g/mol. The van der Waals surface area contributed by atoms with Gasteiger partial charge in [0.15, 0.2) is 11.2 Å². The number of benzene rings is 1. The van der Waals surface area contributed by atoms with Crippen LogP contribution in [-0.2, 0) is 0 Å². The Kier molecular flexibility index (Phi) is 3.34. The van der Waals surface area contributed by atoms with Crippen molar-refractivity contribution in [3.05, 3.63) is 24.5 Å². The smallest absolute Gasteiger partial charge is 0.292 e. The minimum absolute atomic E-state index is 0. The normalized spacial score (nSPS) is 13.1. The highest BCUT2D eigenvalue weighted by atomic mass is 16.4. The molecule has 166 valence electrons. The van der Waals surface area contributed by atoms with Crippen LogP contribution in [0.3, 0.4) is 0 Å². The van der Waals surface area contributed by atoms with Gasteiger partial charge in [0.1, 0.15) is 23.4 Å². The predicted octanol–water partition coefficient (Wildman–Crippen LogP) is 7.69. The van der Waals surface area contributed by atoms with Crippen LogP contribution in [0.25, 0.3) is 33.4 Å². The number of fused-ring (bicyclic) bond motifs is 2. The average molecular weight is 376 g/mol. The number of aromatic nitrogens is 5. The lowest BCUT2D eigenvalue weighted by Crippen LogP contribution is -2.13. The van der Waals surface area contributed by atoms with Gasteiger partial charge in [-0.25, -0.2) is 14.6 Å². The Morgan fingerprint density at radius 2 is 1.96 bits per heavy atom. The molecule has 8 nitrogen and oxygen atoms in total. The standard InChI is InChI=1S/C17H19N7O.19H2/c1-8(2)9(3)24-16-13(15(18)20-7-21-16)14(23-24)10-4-5-12-11(6-10)22-17(19)25-12;;;;;;;;;;;;;;;;;;;/h4-9H,1-3H3,(H2,19,22)(H2,18,20,21);19*1H. The van der Waals surface area contributed by atoms with Gasteiger partial charge in [0.05, 0.1) is 11.4 Å². The first-order valence-corrected chi connectivity index (χ1v) is 8.11. The van der Waals surface area contributed by atoms with Gasteiger partial charge in [-0.3, -0.25) is 0 Å². The van der Waals surface area contributed by atoms with E-state index in [1.54, 1.807) is 0 Å². The van der Waals surface area contributed by atoms with Crippen LogP contribution in [0.15, 0.2) is 28.9 Å². The zero-order valence-corrected chi connectivity index (χ0v) is 14.3. The summed E-state index contributed by atoms with van der Waals surface area (Å²) in [5.74, 6) is 0.798. The first-order chi connectivity index (χ1) is 12.0. The highest BCUT2D eigenvalue weighted by Crippen LogP contribution is 2.34. The summed E-state index contributed by atoms with van der Waals surface area (Å²) in [6.45, 7) is 6.40. The molecular weight excluding hydrogens is 318 g/mol. The largest absolute Gasteiger partial charge is 0.424 e. The van der Waals surface area contributed by atoms with Gasteiger partial charge in [0.25, 0.3) is 6.01 Å². The second kappa shape index (κ2) is 5.44. The minimum Gasteiger partial charge on any atom is -0.424 e. The summed E-state index contributed by atoms with van der Waals surface area (Å²) in [6, 6.07) is 5.92. The van der Waals surface area contributed by atoms with Gasteiger partial charge >= 0.3 is 0 Å². The third-order valence-electron chi connectivity index (χ3n) is 4.55. The molecule has 0 aliphatic carbocycles. The maximum Gasteiger partial charge on any atom is 0.292 e. The van der Waals surface area contributed by atoms with E-state index in [0.29, 0.717) is 22.8 Å². The number of rotatable bonds is 3. The summed E-state index contributed by atoms with van der Waals surface area (Å²) in [5, 5.41) is 5.54. The van der Waals surface area contributed by atoms with Crippen LogP contribution in [0.4, 0.5) is 11.8 Å². The fraction of sp³-hybridized carbons (Fsp3) is 0.294. The van der Waals surface area contributed by atoms with Crippen LogP contribution in [-0.4, -0.2) is 24.7 Å². The van der Waals surface area contributed by atoms with E-state index in [2.05, 4.69) is 35.7 Å². The van der Waals surface area contributed by atoms with Gasteiger partial charge in [-0.15, -0.1) is 0 Å². The van der Waals surface area contributed by atoms with Crippen molar-refractivity contribution in [1.29, 1.82) is 0 Å². The lowest BCUT2D eigenvalue weighted by molar-refractivity contribution is 0.384. The van der Waals surface area contributed by atoms with Crippen molar-refractivity contribution in [3.8, 4) is 11.3 Å². The third-order valence-corrected chi connectivity index (χ3v) is 4.55.